The Bertz CT molecular complexity index is 809. The predicted octanol–water partition coefficient (Wildman–Crippen LogP) is 4.02. The molecule has 2 aromatic carbocycles. The molecular formula is C21H24N2O4. The molecule has 0 aromatic heterocycles. The number of carbonyl (C=O) groups is 1. The number of rotatable bonds is 4. The van der Waals surface area contributed by atoms with Crippen LogP contribution in [0, 0.1) is 0 Å². The molecule has 0 saturated carbocycles. The summed E-state index contributed by atoms with van der Waals surface area (Å²) in [5.74, 6) is 1.47. The topological polar surface area (TPSA) is 68.8 Å². The number of nitrogens with one attached hydrogen (secondary N) is 2. The van der Waals surface area contributed by atoms with Crippen molar-refractivity contribution in [1.29, 1.82) is 0 Å². The van der Waals surface area contributed by atoms with E-state index in [1.54, 1.807) is 0 Å². The molecule has 1 amide bonds. The van der Waals surface area contributed by atoms with Gasteiger partial charge in [0, 0.05) is 23.4 Å². The second-order valence-corrected chi connectivity index (χ2v) is 6.83. The molecule has 4 rings (SSSR count). The molecule has 2 aromatic rings. The Labute approximate surface area is 158 Å². The fourth-order valence-electron chi connectivity index (χ4n) is 3.52. The maximum absolute atomic E-state index is 12.4. The average Bonchev–Trinajstić information content (AvgIpc) is 2.71. The lowest BCUT2D eigenvalue weighted by atomic mass is 9.91. The van der Waals surface area contributed by atoms with E-state index in [-0.39, 0.29) is 18.7 Å². The van der Waals surface area contributed by atoms with Crippen molar-refractivity contribution in [3.63, 3.8) is 0 Å². The first-order valence-electron chi connectivity index (χ1n) is 9.40. The van der Waals surface area contributed by atoms with Gasteiger partial charge >= 0.3 is 6.09 Å². The molecule has 0 bridgehead atoms. The van der Waals surface area contributed by atoms with Crippen LogP contribution in [0.5, 0.6) is 11.5 Å². The molecule has 27 heavy (non-hydrogen) atoms. The largest absolute Gasteiger partial charge is 0.486 e. The number of benzene rings is 2. The third-order valence-electron chi connectivity index (χ3n) is 4.97. The van der Waals surface area contributed by atoms with Crippen LogP contribution in [0.2, 0.25) is 0 Å². The number of alkyl carbamates (subject to hydrolysis) is 1. The van der Waals surface area contributed by atoms with Gasteiger partial charge < -0.3 is 24.8 Å². The van der Waals surface area contributed by atoms with E-state index in [0.717, 1.165) is 41.2 Å². The molecule has 2 heterocycles. The first kappa shape index (κ1) is 17.5. The minimum Gasteiger partial charge on any atom is -0.486 e. The molecule has 0 unspecified atom stereocenters. The van der Waals surface area contributed by atoms with E-state index in [9.17, 15) is 4.79 Å². The summed E-state index contributed by atoms with van der Waals surface area (Å²) in [5, 5.41) is 6.55. The Balaban J connectivity index is 1.49. The summed E-state index contributed by atoms with van der Waals surface area (Å²) in [6, 6.07) is 13.7. The Kier molecular flexibility index (Phi) is 5.05. The molecule has 2 atom stereocenters. The molecule has 6 heteroatoms. The molecule has 142 valence electrons. The van der Waals surface area contributed by atoms with Gasteiger partial charge in [0.25, 0.3) is 0 Å². The summed E-state index contributed by atoms with van der Waals surface area (Å²) in [7, 11) is 0. The van der Waals surface area contributed by atoms with Crippen LogP contribution in [-0.2, 0) is 11.3 Å². The molecule has 2 aliphatic heterocycles. The monoisotopic (exact) mass is 368 g/mol. The van der Waals surface area contributed by atoms with E-state index in [0.29, 0.717) is 13.2 Å². The van der Waals surface area contributed by atoms with Crippen molar-refractivity contribution >= 4 is 11.8 Å². The van der Waals surface area contributed by atoms with Gasteiger partial charge in [-0.15, -0.1) is 0 Å². The van der Waals surface area contributed by atoms with Gasteiger partial charge in [-0.3, -0.25) is 0 Å². The fraction of sp³-hybridized carbons (Fsp3) is 0.381. The Hall–Kier alpha value is -2.89. The van der Waals surface area contributed by atoms with Gasteiger partial charge in [-0.05, 0) is 24.5 Å². The first-order chi connectivity index (χ1) is 13.2. The van der Waals surface area contributed by atoms with Crippen molar-refractivity contribution in [2.75, 3.05) is 18.5 Å². The van der Waals surface area contributed by atoms with Crippen LogP contribution in [0.25, 0.3) is 0 Å². The molecule has 6 nitrogen and oxygen atoms in total. The standard InChI is InChI=1S/C21H24N2O4/c1-2-15-10-17(23-21(24)27-13-14-6-4-3-5-7-14)16-11-19-20(12-18(16)22-15)26-9-8-25-19/h3-7,11-12,15,17,22H,2,8-10,13H2,1H3,(H,23,24)/t15-,17+/m1/s1. The maximum atomic E-state index is 12.4. The lowest BCUT2D eigenvalue weighted by Crippen LogP contribution is -2.37. The lowest BCUT2D eigenvalue weighted by molar-refractivity contribution is 0.134. The van der Waals surface area contributed by atoms with Crippen molar-refractivity contribution in [3.8, 4) is 11.5 Å². The van der Waals surface area contributed by atoms with Crippen molar-refractivity contribution in [3.05, 3.63) is 53.6 Å². The summed E-state index contributed by atoms with van der Waals surface area (Å²) < 4.78 is 16.8. The van der Waals surface area contributed by atoms with E-state index in [1.165, 1.54) is 0 Å². The summed E-state index contributed by atoms with van der Waals surface area (Å²) in [6.07, 6.45) is 1.34. The maximum Gasteiger partial charge on any atom is 0.407 e. The zero-order valence-electron chi connectivity index (χ0n) is 15.4. The number of ether oxygens (including phenoxy) is 3. The van der Waals surface area contributed by atoms with E-state index in [4.69, 9.17) is 14.2 Å². The number of carbonyl (C=O) groups excluding carboxylic acids is 1. The number of anilines is 1. The summed E-state index contributed by atoms with van der Waals surface area (Å²) in [4.78, 5) is 12.4. The summed E-state index contributed by atoms with van der Waals surface area (Å²) >= 11 is 0. The van der Waals surface area contributed by atoms with Gasteiger partial charge in [0.2, 0.25) is 0 Å². The van der Waals surface area contributed by atoms with Crippen molar-refractivity contribution < 1.29 is 19.0 Å². The molecule has 0 radical (unpaired) electrons. The Morgan fingerprint density at radius 3 is 2.67 bits per heavy atom. The van der Waals surface area contributed by atoms with Gasteiger partial charge in [0.15, 0.2) is 11.5 Å². The van der Waals surface area contributed by atoms with Crippen molar-refractivity contribution in [1.82, 2.24) is 5.32 Å². The normalized spacial score (nSPS) is 20.2. The lowest BCUT2D eigenvalue weighted by Gasteiger charge is -2.34. The zero-order chi connectivity index (χ0) is 18.6. The minimum absolute atomic E-state index is 0.134. The summed E-state index contributed by atoms with van der Waals surface area (Å²) in [6.45, 7) is 3.47. The molecule has 0 saturated heterocycles. The second-order valence-electron chi connectivity index (χ2n) is 6.83. The highest BCUT2D eigenvalue weighted by atomic mass is 16.6. The smallest absolute Gasteiger partial charge is 0.407 e. The molecular weight excluding hydrogens is 344 g/mol. The van der Waals surface area contributed by atoms with Crippen LogP contribution in [-0.4, -0.2) is 25.3 Å². The van der Waals surface area contributed by atoms with E-state index in [2.05, 4.69) is 17.6 Å². The van der Waals surface area contributed by atoms with Gasteiger partial charge in [-0.2, -0.15) is 0 Å². The minimum atomic E-state index is -0.415. The number of fused-ring (bicyclic) bond motifs is 2. The highest BCUT2D eigenvalue weighted by Gasteiger charge is 2.30. The molecule has 2 aliphatic rings. The van der Waals surface area contributed by atoms with Crippen LogP contribution in [0.15, 0.2) is 42.5 Å². The average molecular weight is 368 g/mol. The SMILES string of the molecule is CC[C@@H]1C[C@H](NC(=O)OCc2ccccc2)c2cc3c(cc2N1)OCCO3. The van der Waals surface area contributed by atoms with Crippen molar-refractivity contribution in [2.45, 2.75) is 38.5 Å². The second kappa shape index (κ2) is 7.78. The fourth-order valence-corrected chi connectivity index (χ4v) is 3.52. The molecule has 0 aliphatic carbocycles. The first-order valence-corrected chi connectivity index (χ1v) is 9.40. The number of hydrogen-bond acceptors (Lipinski definition) is 5. The zero-order valence-corrected chi connectivity index (χ0v) is 15.4. The van der Waals surface area contributed by atoms with E-state index >= 15 is 0 Å². The van der Waals surface area contributed by atoms with E-state index in [1.807, 2.05) is 42.5 Å². The highest BCUT2D eigenvalue weighted by molar-refractivity contribution is 5.70. The van der Waals surface area contributed by atoms with Gasteiger partial charge in [-0.25, -0.2) is 4.79 Å². The van der Waals surface area contributed by atoms with Crippen LogP contribution >= 0.6 is 0 Å². The van der Waals surface area contributed by atoms with Crippen LogP contribution < -0.4 is 20.1 Å². The van der Waals surface area contributed by atoms with Gasteiger partial charge in [0.1, 0.15) is 19.8 Å². The van der Waals surface area contributed by atoms with Crippen LogP contribution in [0.3, 0.4) is 0 Å². The molecule has 0 spiro atoms. The Morgan fingerprint density at radius 2 is 1.93 bits per heavy atom. The summed E-state index contributed by atoms with van der Waals surface area (Å²) in [5.41, 5.74) is 2.94. The van der Waals surface area contributed by atoms with Crippen molar-refractivity contribution in [2.24, 2.45) is 0 Å². The third kappa shape index (κ3) is 3.94. The molecule has 2 N–H and O–H groups in total. The van der Waals surface area contributed by atoms with E-state index < -0.39 is 6.09 Å². The van der Waals surface area contributed by atoms with Crippen LogP contribution in [0.4, 0.5) is 10.5 Å². The highest BCUT2D eigenvalue weighted by Crippen LogP contribution is 2.42. The molecule has 0 fully saturated rings. The van der Waals surface area contributed by atoms with Crippen LogP contribution in [0.1, 0.15) is 36.9 Å². The number of amides is 1. The quantitative estimate of drug-likeness (QED) is 0.853. The predicted molar refractivity (Wildman–Crippen MR) is 102 cm³/mol. The number of hydrogen-bond donors (Lipinski definition) is 2. The van der Waals surface area contributed by atoms with Gasteiger partial charge in [0.05, 0.1) is 6.04 Å². The Morgan fingerprint density at radius 1 is 1.19 bits per heavy atom. The third-order valence-corrected chi connectivity index (χ3v) is 4.97. The van der Waals surface area contributed by atoms with Gasteiger partial charge in [-0.1, -0.05) is 37.3 Å².